The van der Waals surface area contributed by atoms with Crippen LogP contribution in [-0.2, 0) is 20.9 Å². The van der Waals surface area contributed by atoms with Crippen molar-refractivity contribution >= 4 is 23.5 Å². The van der Waals surface area contributed by atoms with Gasteiger partial charge in [-0.05, 0) is 17.7 Å². The first-order chi connectivity index (χ1) is 7.99. The monoisotopic (exact) mass is 254 g/mol. The summed E-state index contributed by atoms with van der Waals surface area (Å²) in [5.74, 6) is -1.82. The lowest BCUT2D eigenvalue weighted by Crippen LogP contribution is -2.10. The Hall–Kier alpha value is -1.81. The van der Waals surface area contributed by atoms with E-state index in [2.05, 4.69) is 6.58 Å². The molecule has 0 aliphatic carbocycles. The third-order valence-corrected chi connectivity index (χ3v) is 2.19. The van der Waals surface area contributed by atoms with Crippen LogP contribution in [0.25, 0.3) is 0 Å². The van der Waals surface area contributed by atoms with Crippen LogP contribution in [0.3, 0.4) is 0 Å². The third kappa shape index (κ3) is 4.70. The summed E-state index contributed by atoms with van der Waals surface area (Å²) in [5, 5.41) is 9.06. The number of carbonyl (C=O) groups excluding carboxylic acids is 1. The van der Waals surface area contributed by atoms with Crippen molar-refractivity contribution < 1.29 is 19.4 Å². The lowest BCUT2D eigenvalue weighted by Gasteiger charge is -2.05. The lowest BCUT2D eigenvalue weighted by molar-refractivity contribution is -0.143. The van der Waals surface area contributed by atoms with Gasteiger partial charge in [-0.2, -0.15) is 0 Å². The van der Waals surface area contributed by atoms with E-state index in [-0.39, 0.29) is 12.2 Å². The number of aliphatic carboxylic acids is 1. The average Bonchev–Trinajstić information content (AvgIpc) is 2.27. The average molecular weight is 255 g/mol. The number of benzene rings is 1. The minimum Gasteiger partial charge on any atom is -0.481 e. The predicted molar refractivity (Wildman–Crippen MR) is 62.6 cm³/mol. The number of rotatable bonds is 5. The quantitative estimate of drug-likeness (QED) is 0.647. The molecule has 0 unspecified atom stereocenters. The highest BCUT2D eigenvalue weighted by atomic mass is 35.5. The van der Waals surface area contributed by atoms with Gasteiger partial charge in [-0.25, -0.2) is 4.79 Å². The van der Waals surface area contributed by atoms with Gasteiger partial charge < -0.3 is 9.84 Å². The first kappa shape index (κ1) is 13.3. The summed E-state index contributed by atoms with van der Waals surface area (Å²) in [5.41, 5.74) is 0.692. The van der Waals surface area contributed by atoms with Crippen molar-refractivity contribution in [2.24, 2.45) is 0 Å². The first-order valence-electron chi connectivity index (χ1n) is 4.80. The molecule has 1 rings (SSSR count). The molecule has 0 saturated heterocycles. The summed E-state index contributed by atoms with van der Waals surface area (Å²) in [6.45, 7) is 3.41. The lowest BCUT2D eigenvalue weighted by atomic mass is 10.2. The fourth-order valence-corrected chi connectivity index (χ4v) is 1.21. The number of carbonyl (C=O) groups is 2. The Morgan fingerprint density at radius 2 is 1.88 bits per heavy atom. The molecule has 1 aromatic rings. The summed E-state index contributed by atoms with van der Waals surface area (Å²) in [7, 11) is 0. The van der Waals surface area contributed by atoms with Crippen molar-refractivity contribution in [1.82, 2.24) is 0 Å². The number of hydrogen-bond donors (Lipinski definition) is 1. The number of carboxylic acid groups (broad SMARTS) is 1. The Kier molecular flexibility index (Phi) is 4.72. The van der Waals surface area contributed by atoms with E-state index >= 15 is 0 Å². The summed E-state index contributed by atoms with van der Waals surface area (Å²) in [6, 6.07) is 6.79. The molecular formula is C12H11ClO4. The Labute approximate surface area is 103 Å². The molecule has 0 bridgehead atoms. The zero-order valence-electron chi connectivity index (χ0n) is 8.98. The zero-order chi connectivity index (χ0) is 12.8. The molecule has 1 N–H and O–H groups in total. The molecule has 90 valence electrons. The van der Waals surface area contributed by atoms with E-state index in [9.17, 15) is 9.59 Å². The maximum Gasteiger partial charge on any atom is 0.334 e. The minimum absolute atomic E-state index is 0.0641. The van der Waals surface area contributed by atoms with Crippen molar-refractivity contribution in [1.29, 1.82) is 0 Å². The van der Waals surface area contributed by atoms with Crippen molar-refractivity contribution in [3.8, 4) is 0 Å². The number of esters is 1. The molecule has 4 nitrogen and oxygen atoms in total. The van der Waals surface area contributed by atoms with Crippen LogP contribution in [0.1, 0.15) is 12.0 Å². The molecular weight excluding hydrogens is 244 g/mol. The second-order valence-electron chi connectivity index (χ2n) is 3.38. The summed E-state index contributed by atoms with van der Waals surface area (Å²) in [4.78, 5) is 21.7. The van der Waals surface area contributed by atoms with Gasteiger partial charge in [-0.15, -0.1) is 0 Å². The van der Waals surface area contributed by atoms with Crippen LogP contribution >= 0.6 is 11.6 Å². The second kappa shape index (κ2) is 6.06. The Morgan fingerprint density at radius 3 is 2.41 bits per heavy atom. The maximum atomic E-state index is 11.3. The van der Waals surface area contributed by atoms with Crippen LogP contribution in [-0.4, -0.2) is 17.0 Å². The largest absolute Gasteiger partial charge is 0.481 e. The first-order valence-corrected chi connectivity index (χ1v) is 5.18. The number of carboxylic acids is 1. The third-order valence-electron chi connectivity index (χ3n) is 1.94. The van der Waals surface area contributed by atoms with Crippen molar-refractivity contribution in [2.45, 2.75) is 13.0 Å². The molecule has 0 aliphatic heterocycles. The Bertz CT molecular complexity index is 436. The molecule has 0 amide bonds. The number of ether oxygens (including phenoxy) is 1. The van der Waals surface area contributed by atoms with E-state index in [0.717, 1.165) is 5.56 Å². The molecule has 0 atom stereocenters. The second-order valence-corrected chi connectivity index (χ2v) is 3.81. The molecule has 0 saturated carbocycles. The standard InChI is InChI=1S/C12H11ClO4/c1-8(6-11(14)15)12(16)17-7-9-2-4-10(13)5-3-9/h2-5H,1,6-7H2,(H,14,15). The van der Waals surface area contributed by atoms with Crippen molar-refractivity contribution in [2.75, 3.05) is 0 Å². The minimum atomic E-state index is -1.11. The van der Waals surface area contributed by atoms with Gasteiger partial charge in [0.2, 0.25) is 0 Å². The molecule has 0 fully saturated rings. The van der Waals surface area contributed by atoms with Crippen LogP contribution in [0.2, 0.25) is 5.02 Å². The smallest absolute Gasteiger partial charge is 0.334 e. The number of hydrogen-bond acceptors (Lipinski definition) is 3. The highest BCUT2D eigenvalue weighted by Crippen LogP contribution is 2.11. The summed E-state index contributed by atoms with van der Waals surface area (Å²) in [6.07, 6.45) is -0.417. The van der Waals surface area contributed by atoms with Crippen LogP contribution < -0.4 is 0 Å². The number of halogens is 1. The molecule has 0 radical (unpaired) electrons. The van der Waals surface area contributed by atoms with Crippen LogP contribution in [0.4, 0.5) is 0 Å². The zero-order valence-corrected chi connectivity index (χ0v) is 9.74. The van der Waals surface area contributed by atoms with Gasteiger partial charge in [-0.3, -0.25) is 4.79 Å². The van der Waals surface area contributed by atoms with E-state index in [1.807, 2.05) is 0 Å². The molecule has 17 heavy (non-hydrogen) atoms. The summed E-state index contributed by atoms with van der Waals surface area (Å²) < 4.78 is 4.89. The van der Waals surface area contributed by atoms with Gasteiger partial charge in [0.1, 0.15) is 6.61 Å². The fraction of sp³-hybridized carbons (Fsp3) is 0.167. The summed E-state index contributed by atoms with van der Waals surface area (Å²) >= 11 is 5.69. The van der Waals surface area contributed by atoms with Crippen molar-refractivity contribution in [3.63, 3.8) is 0 Å². The van der Waals surface area contributed by atoms with Crippen LogP contribution in [0, 0.1) is 0 Å². The Balaban J connectivity index is 2.45. The molecule has 0 spiro atoms. The van der Waals surface area contributed by atoms with Gasteiger partial charge in [0, 0.05) is 10.6 Å². The van der Waals surface area contributed by atoms with E-state index < -0.39 is 18.4 Å². The SMILES string of the molecule is C=C(CC(=O)O)C(=O)OCc1ccc(Cl)cc1. The topological polar surface area (TPSA) is 63.6 Å². The van der Waals surface area contributed by atoms with E-state index in [1.165, 1.54) is 0 Å². The van der Waals surface area contributed by atoms with E-state index in [4.69, 9.17) is 21.4 Å². The van der Waals surface area contributed by atoms with E-state index in [0.29, 0.717) is 5.02 Å². The highest BCUT2D eigenvalue weighted by Gasteiger charge is 2.12. The van der Waals surface area contributed by atoms with Gasteiger partial charge in [0.25, 0.3) is 0 Å². The highest BCUT2D eigenvalue weighted by molar-refractivity contribution is 6.30. The Morgan fingerprint density at radius 1 is 1.29 bits per heavy atom. The molecule has 1 aromatic carbocycles. The van der Waals surface area contributed by atoms with Gasteiger partial charge >= 0.3 is 11.9 Å². The van der Waals surface area contributed by atoms with Crippen LogP contribution in [0.5, 0.6) is 0 Å². The van der Waals surface area contributed by atoms with Crippen molar-refractivity contribution in [3.05, 3.63) is 47.0 Å². The molecule has 0 aromatic heterocycles. The fourth-order valence-electron chi connectivity index (χ4n) is 1.09. The van der Waals surface area contributed by atoms with E-state index in [1.54, 1.807) is 24.3 Å². The predicted octanol–water partition coefficient (Wildman–Crippen LogP) is 2.41. The van der Waals surface area contributed by atoms with Gasteiger partial charge in [0.05, 0.1) is 6.42 Å². The molecule has 0 aliphatic rings. The maximum absolute atomic E-state index is 11.3. The molecule has 0 heterocycles. The normalized spacial score (nSPS) is 9.71. The van der Waals surface area contributed by atoms with Gasteiger partial charge in [0.15, 0.2) is 0 Å². The van der Waals surface area contributed by atoms with Crippen LogP contribution in [0.15, 0.2) is 36.4 Å². The van der Waals surface area contributed by atoms with Gasteiger partial charge in [-0.1, -0.05) is 30.3 Å². The molecule has 5 heteroatoms.